The highest BCUT2D eigenvalue weighted by Crippen LogP contribution is 2.15. The molecule has 0 aliphatic rings. The largest absolute Gasteiger partial charge is 0.452 e. The molecule has 3 rings (SSSR count). The number of carbonyl (C=O) groups is 3. The van der Waals surface area contributed by atoms with E-state index in [1.807, 2.05) is 36.6 Å². The summed E-state index contributed by atoms with van der Waals surface area (Å²) in [5, 5.41) is 7.27. The molecule has 0 saturated carbocycles. The van der Waals surface area contributed by atoms with Gasteiger partial charge < -0.3 is 15.4 Å². The van der Waals surface area contributed by atoms with Crippen molar-refractivity contribution in [2.24, 2.45) is 0 Å². The molecule has 0 saturated heterocycles. The quantitative estimate of drug-likeness (QED) is 0.583. The highest BCUT2D eigenvalue weighted by Gasteiger charge is 2.12. The van der Waals surface area contributed by atoms with Crippen LogP contribution in [0.5, 0.6) is 0 Å². The lowest BCUT2D eigenvalue weighted by molar-refractivity contribution is -0.124. The third kappa shape index (κ3) is 5.76. The molecule has 2 aromatic carbocycles. The van der Waals surface area contributed by atoms with Crippen LogP contribution in [0.4, 0.5) is 5.69 Å². The fraction of sp³-hybridized carbons (Fsp3) is 0.136. The number of anilines is 1. The van der Waals surface area contributed by atoms with Gasteiger partial charge in [0.2, 0.25) is 0 Å². The molecule has 0 fully saturated rings. The molecule has 1 aromatic heterocycles. The van der Waals surface area contributed by atoms with Gasteiger partial charge in [0.15, 0.2) is 6.61 Å². The number of ether oxygens (including phenoxy) is 1. The van der Waals surface area contributed by atoms with E-state index < -0.39 is 5.97 Å². The number of benzene rings is 2. The Bertz CT molecular complexity index is 1020. The summed E-state index contributed by atoms with van der Waals surface area (Å²) in [5.74, 6) is -1.27. The average Bonchev–Trinajstić information content (AvgIpc) is 3.27. The summed E-state index contributed by atoms with van der Waals surface area (Å²) < 4.78 is 5.08. The van der Waals surface area contributed by atoms with Gasteiger partial charge >= 0.3 is 5.97 Å². The second kappa shape index (κ2) is 9.66. The number of thiophene rings is 1. The maximum atomic E-state index is 12.2. The van der Waals surface area contributed by atoms with Crippen LogP contribution in [0.2, 0.25) is 0 Å². The first-order valence-electron chi connectivity index (χ1n) is 8.96. The topological polar surface area (TPSA) is 84.5 Å². The molecule has 0 aliphatic carbocycles. The summed E-state index contributed by atoms with van der Waals surface area (Å²) in [7, 11) is 0. The molecule has 148 valence electrons. The summed E-state index contributed by atoms with van der Waals surface area (Å²) in [6, 6.07) is 17.6. The number of carbonyl (C=O) groups excluding carboxylic acids is 3. The Hall–Kier alpha value is -3.45. The van der Waals surface area contributed by atoms with Gasteiger partial charge in [-0.3, -0.25) is 9.59 Å². The summed E-state index contributed by atoms with van der Waals surface area (Å²) >= 11 is 1.33. The van der Waals surface area contributed by atoms with E-state index in [0.29, 0.717) is 17.1 Å². The second-order valence-electron chi connectivity index (χ2n) is 6.29. The highest BCUT2D eigenvalue weighted by atomic mass is 32.1. The Kier molecular flexibility index (Phi) is 6.76. The molecule has 2 N–H and O–H groups in total. The van der Waals surface area contributed by atoms with Crippen LogP contribution >= 0.6 is 11.3 Å². The van der Waals surface area contributed by atoms with Gasteiger partial charge in [0.25, 0.3) is 11.8 Å². The van der Waals surface area contributed by atoms with E-state index in [4.69, 9.17) is 4.74 Å². The summed E-state index contributed by atoms with van der Waals surface area (Å²) in [5.41, 5.74) is 2.80. The molecule has 3 aromatic rings. The van der Waals surface area contributed by atoms with Crippen molar-refractivity contribution in [2.45, 2.75) is 13.5 Å². The van der Waals surface area contributed by atoms with Crippen LogP contribution in [-0.4, -0.2) is 24.4 Å². The summed E-state index contributed by atoms with van der Waals surface area (Å²) in [6.07, 6.45) is 0. The number of nitrogens with one attached hydrogen (secondary N) is 2. The Balaban J connectivity index is 1.50. The highest BCUT2D eigenvalue weighted by molar-refractivity contribution is 7.12. The van der Waals surface area contributed by atoms with Crippen LogP contribution in [0, 0.1) is 6.92 Å². The van der Waals surface area contributed by atoms with Crippen molar-refractivity contribution in [2.75, 3.05) is 11.9 Å². The minimum Gasteiger partial charge on any atom is -0.452 e. The standard InChI is InChI=1S/C22H20N2O4S/c1-15-6-2-3-7-17(15)13-23-20(25)14-28-22(27)16-8-4-9-18(12-16)24-21(26)19-10-5-11-29-19/h2-12H,13-14H2,1H3,(H,23,25)(H,24,26). The van der Waals surface area contributed by atoms with E-state index in [1.54, 1.807) is 30.3 Å². The van der Waals surface area contributed by atoms with E-state index >= 15 is 0 Å². The fourth-order valence-electron chi connectivity index (χ4n) is 2.59. The van der Waals surface area contributed by atoms with Crippen molar-refractivity contribution in [1.82, 2.24) is 5.32 Å². The Morgan fingerprint density at radius 1 is 1.00 bits per heavy atom. The number of hydrogen-bond donors (Lipinski definition) is 2. The zero-order valence-corrected chi connectivity index (χ0v) is 16.6. The third-order valence-corrected chi connectivity index (χ3v) is 5.04. The number of esters is 1. The van der Waals surface area contributed by atoms with Crippen LogP contribution < -0.4 is 10.6 Å². The van der Waals surface area contributed by atoms with Gasteiger partial charge in [-0.2, -0.15) is 0 Å². The molecule has 7 heteroatoms. The first-order valence-corrected chi connectivity index (χ1v) is 9.84. The number of amides is 2. The van der Waals surface area contributed by atoms with Gasteiger partial charge in [-0.1, -0.05) is 36.4 Å². The van der Waals surface area contributed by atoms with Gasteiger partial charge in [0, 0.05) is 12.2 Å². The van der Waals surface area contributed by atoms with Crippen LogP contribution in [0.15, 0.2) is 66.0 Å². The Labute approximate surface area is 172 Å². The van der Waals surface area contributed by atoms with Gasteiger partial charge in [-0.15, -0.1) is 11.3 Å². The Morgan fingerprint density at radius 3 is 2.59 bits per heavy atom. The zero-order chi connectivity index (χ0) is 20.6. The van der Waals surface area contributed by atoms with Crippen LogP contribution in [0.3, 0.4) is 0 Å². The zero-order valence-electron chi connectivity index (χ0n) is 15.8. The van der Waals surface area contributed by atoms with Crippen LogP contribution in [0.25, 0.3) is 0 Å². The molecular formula is C22H20N2O4S. The van der Waals surface area contributed by atoms with Crippen molar-refractivity contribution < 1.29 is 19.1 Å². The lowest BCUT2D eigenvalue weighted by Crippen LogP contribution is -2.28. The lowest BCUT2D eigenvalue weighted by Gasteiger charge is -2.09. The molecular weight excluding hydrogens is 388 g/mol. The molecule has 0 bridgehead atoms. The maximum Gasteiger partial charge on any atom is 0.338 e. The number of aryl methyl sites for hydroxylation is 1. The SMILES string of the molecule is Cc1ccccc1CNC(=O)COC(=O)c1cccc(NC(=O)c2cccs2)c1. The van der Waals surface area contributed by atoms with Crippen molar-refractivity contribution in [3.05, 3.63) is 87.6 Å². The van der Waals surface area contributed by atoms with E-state index in [9.17, 15) is 14.4 Å². The van der Waals surface area contributed by atoms with Gasteiger partial charge in [0.1, 0.15) is 0 Å². The molecule has 29 heavy (non-hydrogen) atoms. The maximum absolute atomic E-state index is 12.2. The molecule has 0 atom stereocenters. The van der Waals surface area contributed by atoms with Crippen molar-refractivity contribution in [1.29, 1.82) is 0 Å². The first kappa shape index (κ1) is 20.3. The van der Waals surface area contributed by atoms with E-state index in [1.165, 1.54) is 17.4 Å². The molecule has 0 aliphatic heterocycles. The smallest absolute Gasteiger partial charge is 0.338 e. The van der Waals surface area contributed by atoms with E-state index in [2.05, 4.69) is 10.6 Å². The number of hydrogen-bond acceptors (Lipinski definition) is 5. The molecule has 0 radical (unpaired) electrons. The van der Waals surface area contributed by atoms with E-state index in [0.717, 1.165) is 11.1 Å². The minimum atomic E-state index is -0.636. The molecule has 6 nitrogen and oxygen atoms in total. The molecule has 2 amide bonds. The van der Waals surface area contributed by atoms with Crippen molar-refractivity contribution in [3.8, 4) is 0 Å². The number of rotatable bonds is 7. The monoisotopic (exact) mass is 408 g/mol. The fourth-order valence-corrected chi connectivity index (χ4v) is 3.21. The first-order chi connectivity index (χ1) is 14.0. The normalized spacial score (nSPS) is 10.2. The summed E-state index contributed by atoms with van der Waals surface area (Å²) in [4.78, 5) is 36.9. The van der Waals surface area contributed by atoms with E-state index in [-0.39, 0.29) is 24.0 Å². The van der Waals surface area contributed by atoms with Gasteiger partial charge in [0.05, 0.1) is 10.4 Å². The predicted octanol–water partition coefficient (Wildman–Crippen LogP) is 3.78. The molecule has 0 unspecified atom stereocenters. The van der Waals surface area contributed by atoms with Gasteiger partial charge in [-0.05, 0) is 47.7 Å². The van der Waals surface area contributed by atoms with Crippen molar-refractivity contribution >= 4 is 34.8 Å². The third-order valence-electron chi connectivity index (χ3n) is 4.17. The molecule has 1 heterocycles. The van der Waals surface area contributed by atoms with Crippen molar-refractivity contribution in [3.63, 3.8) is 0 Å². The predicted molar refractivity (Wildman–Crippen MR) is 112 cm³/mol. The van der Waals surface area contributed by atoms with Gasteiger partial charge in [-0.25, -0.2) is 4.79 Å². The molecule has 0 spiro atoms. The average molecular weight is 408 g/mol. The summed E-state index contributed by atoms with van der Waals surface area (Å²) in [6.45, 7) is 1.95. The van der Waals surface area contributed by atoms with Crippen LogP contribution in [0.1, 0.15) is 31.2 Å². The lowest BCUT2D eigenvalue weighted by atomic mass is 10.1. The second-order valence-corrected chi connectivity index (χ2v) is 7.24. The minimum absolute atomic E-state index is 0.249. The Morgan fingerprint density at radius 2 is 1.83 bits per heavy atom. The van der Waals surface area contributed by atoms with Crippen LogP contribution in [-0.2, 0) is 16.1 Å².